The van der Waals surface area contributed by atoms with Gasteiger partial charge in [0.1, 0.15) is 5.75 Å². The van der Waals surface area contributed by atoms with Crippen LogP contribution in [0, 0.1) is 0 Å². The van der Waals surface area contributed by atoms with Crippen LogP contribution in [0.3, 0.4) is 0 Å². The van der Waals surface area contributed by atoms with Crippen LogP contribution in [0.2, 0.25) is 0 Å². The predicted molar refractivity (Wildman–Crippen MR) is 65.3 cm³/mol. The normalized spacial score (nSPS) is 14.9. The van der Waals surface area contributed by atoms with Crippen LogP contribution in [0.4, 0.5) is 0 Å². The van der Waals surface area contributed by atoms with Crippen LogP contribution in [0.25, 0.3) is 0 Å². The van der Waals surface area contributed by atoms with E-state index in [1.54, 1.807) is 0 Å². The van der Waals surface area contributed by atoms with Gasteiger partial charge in [-0.05, 0) is 18.9 Å². The molecule has 1 unspecified atom stereocenters. The van der Waals surface area contributed by atoms with Crippen LogP contribution in [-0.2, 0) is 16.0 Å². The van der Waals surface area contributed by atoms with E-state index in [1.807, 2.05) is 26.0 Å². The van der Waals surface area contributed by atoms with Crippen LogP contribution in [0.5, 0.6) is 5.75 Å². The molecule has 92 valence electrons. The Morgan fingerprint density at radius 2 is 2.29 bits per heavy atom. The van der Waals surface area contributed by atoms with E-state index in [2.05, 4.69) is 6.07 Å². The Bertz CT molecular complexity index is 412. The maximum Gasteiger partial charge on any atom is 0.313 e. The van der Waals surface area contributed by atoms with E-state index in [0.717, 1.165) is 24.2 Å². The first kappa shape index (κ1) is 12.0. The third-order valence-electron chi connectivity index (χ3n) is 3.10. The Morgan fingerprint density at radius 1 is 1.47 bits per heavy atom. The Hall–Kier alpha value is -1.51. The number of ether oxygens (including phenoxy) is 2. The van der Waals surface area contributed by atoms with Crippen LogP contribution in [0.1, 0.15) is 37.3 Å². The van der Waals surface area contributed by atoms with Crippen LogP contribution < -0.4 is 4.74 Å². The molecule has 0 spiro atoms. The lowest BCUT2D eigenvalue weighted by molar-refractivity contribution is -0.145. The molecule has 1 aromatic carbocycles. The average Bonchev–Trinajstić information content (AvgIpc) is 2.79. The van der Waals surface area contributed by atoms with Gasteiger partial charge in [0.2, 0.25) is 0 Å². The van der Waals surface area contributed by atoms with E-state index in [9.17, 15) is 4.79 Å². The van der Waals surface area contributed by atoms with Crippen LogP contribution >= 0.6 is 0 Å². The molecule has 3 nitrogen and oxygen atoms in total. The van der Waals surface area contributed by atoms with Gasteiger partial charge < -0.3 is 9.47 Å². The van der Waals surface area contributed by atoms with Gasteiger partial charge in [0.25, 0.3) is 0 Å². The van der Waals surface area contributed by atoms with E-state index in [0.29, 0.717) is 13.2 Å². The number of hydrogen-bond donors (Lipinski definition) is 0. The second-order valence-electron chi connectivity index (χ2n) is 4.15. The average molecular weight is 234 g/mol. The molecule has 2 rings (SSSR count). The van der Waals surface area contributed by atoms with Gasteiger partial charge in [-0.25, -0.2) is 0 Å². The van der Waals surface area contributed by atoms with E-state index in [-0.39, 0.29) is 11.9 Å². The minimum Gasteiger partial charge on any atom is -0.493 e. The zero-order chi connectivity index (χ0) is 12.3. The van der Waals surface area contributed by atoms with Crippen molar-refractivity contribution in [1.82, 2.24) is 0 Å². The number of carbonyl (C=O) groups is 1. The molecule has 17 heavy (non-hydrogen) atoms. The number of fused-ring (bicyclic) bond motifs is 1. The van der Waals surface area contributed by atoms with Gasteiger partial charge in [0, 0.05) is 12.0 Å². The Balaban J connectivity index is 2.31. The highest BCUT2D eigenvalue weighted by molar-refractivity contribution is 5.79. The quantitative estimate of drug-likeness (QED) is 0.751. The van der Waals surface area contributed by atoms with Crippen molar-refractivity contribution >= 4 is 5.97 Å². The fourth-order valence-electron chi connectivity index (χ4n) is 2.27. The molecule has 0 aromatic heterocycles. The summed E-state index contributed by atoms with van der Waals surface area (Å²) >= 11 is 0. The third kappa shape index (κ3) is 2.28. The highest BCUT2D eigenvalue weighted by Crippen LogP contribution is 2.36. The highest BCUT2D eigenvalue weighted by Gasteiger charge is 2.26. The van der Waals surface area contributed by atoms with Crippen molar-refractivity contribution in [2.45, 2.75) is 32.6 Å². The van der Waals surface area contributed by atoms with Crippen molar-refractivity contribution < 1.29 is 14.3 Å². The van der Waals surface area contributed by atoms with Gasteiger partial charge in [-0.3, -0.25) is 4.79 Å². The first-order valence-electron chi connectivity index (χ1n) is 6.19. The van der Waals surface area contributed by atoms with Crippen molar-refractivity contribution in [3.05, 3.63) is 29.3 Å². The number of rotatable bonds is 4. The van der Waals surface area contributed by atoms with E-state index in [4.69, 9.17) is 9.47 Å². The molecule has 0 bridgehead atoms. The number of hydrogen-bond acceptors (Lipinski definition) is 3. The maximum absolute atomic E-state index is 11.9. The van der Waals surface area contributed by atoms with Gasteiger partial charge in [0.15, 0.2) is 0 Å². The van der Waals surface area contributed by atoms with Crippen molar-refractivity contribution in [2.75, 3.05) is 13.2 Å². The standard InChI is InChI=1S/C14H18O3/c1-3-11(14(15)16-4-2)12-7-5-6-10-8-9-17-13(10)12/h5-7,11H,3-4,8-9H2,1-2H3. The predicted octanol–water partition coefficient (Wildman–Crippen LogP) is 2.68. The summed E-state index contributed by atoms with van der Waals surface area (Å²) in [7, 11) is 0. The smallest absolute Gasteiger partial charge is 0.313 e. The molecular weight excluding hydrogens is 216 g/mol. The lowest BCUT2D eigenvalue weighted by Gasteiger charge is -2.16. The summed E-state index contributed by atoms with van der Waals surface area (Å²) in [6.07, 6.45) is 1.67. The topological polar surface area (TPSA) is 35.5 Å². The summed E-state index contributed by atoms with van der Waals surface area (Å²) in [4.78, 5) is 11.9. The molecule has 1 aromatic rings. The summed E-state index contributed by atoms with van der Waals surface area (Å²) in [5.74, 6) is 0.536. The molecule has 1 aliphatic rings. The van der Waals surface area contributed by atoms with Crippen LogP contribution in [0.15, 0.2) is 18.2 Å². The van der Waals surface area contributed by atoms with E-state index in [1.165, 1.54) is 5.56 Å². The van der Waals surface area contributed by atoms with E-state index < -0.39 is 0 Å². The molecule has 0 fully saturated rings. The second kappa shape index (κ2) is 5.21. The van der Waals surface area contributed by atoms with Gasteiger partial charge in [-0.2, -0.15) is 0 Å². The summed E-state index contributed by atoms with van der Waals surface area (Å²) < 4.78 is 10.7. The van der Waals surface area contributed by atoms with Gasteiger partial charge in [0.05, 0.1) is 19.1 Å². The molecule has 0 saturated carbocycles. The largest absolute Gasteiger partial charge is 0.493 e. The zero-order valence-corrected chi connectivity index (χ0v) is 10.4. The molecule has 1 atom stereocenters. The number of benzene rings is 1. The monoisotopic (exact) mass is 234 g/mol. The molecule has 0 saturated heterocycles. The highest BCUT2D eigenvalue weighted by atomic mass is 16.5. The molecule has 1 aliphatic heterocycles. The lowest BCUT2D eigenvalue weighted by atomic mass is 9.94. The third-order valence-corrected chi connectivity index (χ3v) is 3.10. The minimum absolute atomic E-state index is 0.154. The molecule has 0 amide bonds. The van der Waals surface area contributed by atoms with Crippen LogP contribution in [-0.4, -0.2) is 19.2 Å². The fraction of sp³-hybridized carbons (Fsp3) is 0.500. The van der Waals surface area contributed by atoms with Gasteiger partial charge >= 0.3 is 5.97 Å². The molecule has 0 aliphatic carbocycles. The molecule has 3 heteroatoms. The van der Waals surface area contributed by atoms with Crippen molar-refractivity contribution in [3.8, 4) is 5.75 Å². The lowest BCUT2D eigenvalue weighted by Crippen LogP contribution is -2.16. The SMILES string of the molecule is CCOC(=O)C(CC)c1cccc2c1OCC2. The van der Waals surface area contributed by atoms with Crippen molar-refractivity contribution in [1.29, 1.82) is 0 Å². The second-order valence-corrected chi connectivity index (χ2v) is 4.15. The molecular formula is C14H18O3. The minimum atomic E-state index is -0.206. The number of esters is 1. The fourth-order valence-corrected chi connectivity index (χ4v) is 2.27. The molecule has 0 radical (unpaired) electrons. The summed E-state index contributed by atoms with van der Waals surface area (Å²) in [5.41, 5.74) is 2.17. The Labute approximate surface area is 102 Å². The van der Waals surface area contributed by atoms with E-state index >= 15 is 0 Å². The summed E-state index contributed by atoms with van der Waals surface area (Å²) in [6.45, 7) is 4.96. The summed E-state index contributed by atoms with van der Waals surface area (Å²) in [5, 5.41) is 0. The number of carbonyl (C=O) groups excluding carboxylic acids is 1. The first-order valence-corrected chi connectivity index (χ1v) is 6.19. The Morgan fingerprint density at radius 3 is 3.00 bits per heavy atom. The van der Waals surface area contributed by atoms with Gasteiger partial charge in [-0.15, -0.1) is 0 Å². The maximum atomic E-state index is 11.9. The summed E-state index contributed by atoms with van der Waals surface area (Å²) in [6, 6.07) is 6.02. The Kier molecular flexibility index (Phi) is 3.67. The van der Waals surface area contributed by atoms with Crippen molar-refractivity contribution in [2.24, 2.45) is 0 Å². The molecule has 1 heterocycles. The first-order chi connectivity index (χ1) is 8.27. The molecule has 0 N–H and O–H groups in total. The zero-order valence-electron chi connectivity index (χ0n) is 10.4. The van der Waals surface area contributed by atoms with Crippen molar-refractivity contribution in [3.63, 3.8) is 0 Å². The number of para-hydroxylation sites is 1. The van der Waals surface area contributed by atoms with Gasteiger partial charge in [-0.1, -0.05) is 25.1 Å².